The molecular weight excluding hydrogens is 254 g/mol. The molecule has 7 heteroatoms. The number of hydrogen-bond acceptors (Lipinski definition) is 4. The third-order valence-corrected chi connectivity index (χ3v) is 4.18. The van der Waals surface area contributed by atoms with E-state index in [0.29, 0.717) is 19.5 Å². The first-order valence-electron chi connectivity index (χ1n) is 6.26. The summed E-state index contributed by atoms with van der Waals surface area (Å²) in [6, 6.07) is -0.680. The van der Waals surface area contributed by atoms with Gasteiger partial charge in [0.15, 0.2) is 0 Å². The highest BCUT2D eigenvalue weighted by molar-refractivity contribution is 7.88. The summed E-state index contributed by atoms with van der Waals surface area (Å²) in [5.41, 5.74) is 5.89. The van der Waals surface area contributed by atoms with Gasteiger partial charge in [-0.1, -0.05) is 20.3 Å². The summed E-state index contributed by atoms with van der Waals surface area (Å²) in [6.07, 6.45) is 2.63. The molecule has 0 radical (unpaired) electrons. The Bertz CT molecular complexity index is 396. The number of likely N-dealkylation sites (tertiary alicyclic amines) is 1. The van der Waals surface area contributed by atoms with E-state index in [2.05, 4.69) is 4.72 Å². The molecule has 3 unspecified atom stereocenters. The van der Waals surface area contributed by atoms with Gasteiger partial charge in [0, 0.05) is 19.1 Å². The van der Waals surface area contributed by atoms with Gasteiger partial charge in [0.05, 0.1) is 12.3 Å². The van der Waals surface area contributed by atoms with Crippen molar-refractivity contribution in [2.45, 2.75) is 38.8 Å². The molecule has 1 heterocycles. The molecule has 0 aromatic carbocycles. The Hall–Kier alpha value is -0.660. The number of amides is 1. The fourth-order valence-corrected chi connectivity index (χ4v) is 2.87. The van der Waals surface area contributed by atoms with Crippen molar-refractivity contribution in [3.63, 3.8) is 0 Å². The van der Waals surface area contributed by atoms with Crippen molar-refractivity contribution < 1.29 is 13.2 Å². The summed E-state index contributed by atoms with van der Waals surface area (Å²) in [7, 11) is -3.22. The van der Waals surface area contributed by atoms with Gasteiger partial charge in [0.1, 0.15) is 0 Å². The summed E-state index contributed by atoms with van der Waals surface area (Å²) < 4.78 is 24.7. The highest BCUT2D eigenvalue weighted by atomic mass is 32.2. The van der Waals surface area contributed by atoms with Gasteiger partial charge in [-0.3, -0.25) is 4.79 Å². The van der Waals surface area contributed by atoms with Crippen molar-refractivity contribution >= 4 is 15.9 Å². The molecule has 1 fully saturated rings. The molecule has 0 bridgehead atoms. The van der Waals surface area contributed by atoms with Crippen molar-refractivity contribution in [1.29, 1.82) is 0 Å². The number of carbonyl (C=O) groups is 1. The van der Waals surface area contributed by atoms with E-state index in [1.54, 1.807) is 4.90 Å². The predicted octanol–water partition coefficient (Wildman–Crippen LogP) is -0.490. The second kappa shape index (κ2) is 5.99. The largest absolute Gasteiger partial charge is 0.340 e. The molecule has 18 heavy (non-hydrogen) atoms. The van der Waals surface area contributed by atoms with Gasteiger partial charge in [0.25, 0.3) is 0 Å². The Morgan fingerprint density at radius 1 is 1.56 bits per heavy atom. The van der Waals surface area contributed by atoms with E-state index >= 15 is 0 Å². The predicted molar refractivity (Wildman–Crippen MR) is 70.4 cm³/mol. The molecule has 1 saturated heterocycles. The molecular formula is C11H23N3O3S. The molecule has 3 atom stereocenters. The van der Waals surface area contributed by atoms with Crippen LogP contribution in [-0.4, -0.2) is 50.7 Å². The smallest absolute Gasteiger partial charge is 0.239 e. The second-order valence-electron chi connectivity index (χ2n) is 5.07. The van der Waals surface area contributed by atoms with Crippen molar-refractivity contribution in [2.75, 3.05) is 19.3 Å². The van der Waals surface area contributed by atoms with E-state index in [9.17, 15) is 13.2 Å². The maximum absolute atomic E-state index is 12.1. The molecule has 0 spiro atoms. The van der Waals surface area contributed by atoms with Crippen LogP contribution in [0.5, 0.6) is 0 Å². The molecule has 1 amide bonds. The molecule has 3 N–H and O–H groups in total. The monoisotopic (exact) mass is 277 g/mol. The average Bonchev–Trinajstić information content (AvgIpc) is 2.71. The van der Waals surface area contributed by atoms with Crippen LogP contribution in [0.15, 0.2) is 0 Å². The molecule has 0 aliphatic carbocycles. The highest BCUT2D eigenvalue weighted by Gasteiger charge is 2.32. The van der Waals surface area contributed by atoms with E-state index in [1.807, 2.05) is 13.8 Å². The number of nitrogens with one attached hydrogen (secondary N) is 1. The van der Waals surface area contributed by atoms with Crippen LogP contribution in [0.25, 0.3) is 0 Å². The van der Waals surface area contributed by atoms with E-state index in [4.69, 9.17) is 5.73 Å². The van der Waals surface area contributed by atoms with Gasteiger partial charge in [-0.2, -0.15) is 0 Å². The quantitative estimate of drug-likeness (QED) is 0.709. The third kappa shape index (κ3) is 4.22. The zero-order valence-corrected chi connectivity index (χ0v) is 12.0. The van der Waals surface area contributed by atoms with E-state index in [-0.39, 0.29) is 17.9 Å². The minimum atomic E-state index is -3.22. The van der Waals surface area contributed by atoms with E-state index in [1.165, 1.54) is 0 Å². The van der Waals surface area contributed by atoms with Gasteiger partial charge >= 0.3 is 0 Å². The molecule has 0 aromatic heterocycles. The Labute approximate surface area is 109 Å². The molecule has 1 rings (SSSR count). The summed E-state index contributed by atoms with van der Waals surface area (Å²) in [5.74, 6) is 0.0570. The van der Waals surface area contributed by atoms with Crippen molar-refractivity contribution in [1.82, 2.24) is 9.62 Å². The van der Waals surface area contributed by atoms with Crippen molar-refractivity contribution in [3.05, 3.63) is 0 Å². The molecule has 6 nitrogen and oxygen atoms in total. The number of sulfonamides is 1. The lowest BCUT2D eigenvalue weighted by molar-refractivity contribution is -0.132. The summed E-state index contributed by atoms with van der Waals surface area (Å²) >= 11 is 0. The fourth-order valence-electron chi connectivity index (χ4n) is 2.07. The lowest BCUT2D eigenvalue weighted by Gasteiger charge is -2.24. The number of hydrogen-bond donors (Lipinski definition) is 2. The molecule has 106 valence electrons. The minimum Gasteiger partial charge on any atom is -0.340 e. The van der Waals surface area contributed by atoms with Crippen LogP contribution in [0, 0.1) is 5.92 Å². The van der Waals surface area contributed by atoms with Crippen LogP contribution in [0.4, 0.5) is 0 Å². The summed E-state index contributed by atoms with van der Waals surface area (Å²) in [4.78, 5) is 13.7. The molecule has 1 aliphatic rings. The Morgan fingerprint density at radius 3 is 2.67 bits per heavy atom. The zero-order valence-electron chi connectivity index (χ0n) is 11.2. The Balaban J connectivity index is 2.54. The lowest BCUT2D eigenvalue weighted by Crippen LogP contribution is -2.47. The van der Waals surface area contributed by atoms with Gasteiger partial charge in [-0.25, -0.2) is 13.1 Å². The van der Waals surface area contributed by atoms with Gasteiger partial charge in [-0.15, -0.1) is 0 Å². The first kappa shape index (κ1) is 15.4. The summed E-state index contributed by atoms with van der Waals surface area (Å²) in [5, 5.41) is 0. The first-order chi connectivity index (χ1) is 8.24. The van der Waals surface area contributed by atoms with E-state index in [0.717, 1.165) is 12.7 Å². The molecule has 0 saturated carbocycles. The lowest BCUT2D eigenvalue weighted by atomic mass is 9.99. The normalized spacial score (nSPS) is 24.0. The van der Waals surface area contributed by atoms with Gasteiger partial charge in [0.2, 0.25) is 15.9 Å². The maximum Gasteiger partial charge on any atom is 0.239 e. The fraction of sp³-hybridized carbons (Fsp3) is 0.909. The SMILES string of the molecule is CCC(C)C(N)C(=O)N1CCC(NS(C)(=O)=O)C1. The summed E-state index contributed by atoms with van der Waals surface area (Å²) in [6.45, 7) is 4.92. The van der Waals surface area contributed by atoms with E-state index < -0.39 is 16.1 Å². The molecule has 1 aliphatic heterocycles. The van der Waals surface area contributed by atoms with Crippen LogP contribution in [0.2, 0.25) is 0 Å². The van der Waals surface area contributed by atoms with Crippen LogP contribution < -0.4 is 10.5 Å². The van der Waals surface area contributed by atoms with Gasteiger partial charge < -0.3 is 10.6 Å². The number of nitrogens with two attached hydrogens (primary N) is 1. The number of nitrogens with zero attached hydrogens (tertiary/aromatic N) is 1. The van der Waals surface area contributed by atoms with Crippen LogP contribution in [-0.2, 0) is 14.8 Å². The zero-order chi connectivity index (χ0) is 13.9. The maximum atomic E-state index is 12.1. The Morgan fingerprint density at radius 2 is 2.17 bits per heavy atom. The van der Waals surface area contributed by atoms with Crippen molar-refractivity contribution in [2.24, 2.45) is 11.7 Å². The molecule has 0 aromatic rings. The topological polar surface area (TPSA) is 92.5 Å². The third-order valence-electron chi connectivity index (χ3n) is 3.42. The average molecular weight is 277 g/mol. The first-order valence-corrected chi connectivity index (χ1v) is 8.15. The minimum absolute atomic E-state index is 0.0813. The number of carbonyl (C=O) groups excluding carboxylic acids is 1. The second-order valence-corrected chi connectivity index (χ2v) is 6.85. The number of rotatable bonds is 5. The standard InChI is InChI=1S/C11H23N3O3S/c1-4-8(2)10(12)11(15)14-6-5-9(7-14)13-18(3,16)17/h8-10,13H,4-7,12H2,1-3H3. The van der Waals surface area contributed by atoms with Crippen molar-refractivity contribution in [3.8, 4) is 0 Å². The van der Waals surface area contributed by atoms with Crippen LogP contribution in [0.1, 0.15) is 26.7 Å². The van der Waals surface area contributed by atoms with Crippen LogP contribution in [0.3, 0.4) is 0 Å². The Kier molecular flexibility index (Phi) is 5.12. The van der Waals surface area contributed by atoms with Gasteiger partial charge in [-0.05, 0) is 12.3 Å². The van der Waals surface area contributed by atoms with Crippen LogP contribution >= 0.6 is 0 Å². The highest BCUT2D eigenvalue weighted by Crippen LogP contribution is 2.14.